The van der Waals surface area contributed by atoms with E-state index in [4.69, 9.17) is 4.74 Å². The van der Waals surface area contributed by atoms with Crippen molar-refractivity contribution in [3.8, 4) is 0 Å². The van der Waals surface area contributed by atoms with E-state index in [2.05, 4.69) is 10.6 Å². The highest BCUT2D eigenvalue weighted by atomic mass is 16.5. The predicted octanol–water partition coefficient (Wildman–Crippen LogP) is 0.281. The fraction of sp³-hybridized carbons (Fsp3) is 0.909. The first-order chi connectivity index (χ1) is 7.36. The third-order valence-electron chi connectivity index (χ3n) is 3.02. The Morgan fingerprint density at radius 3 is 3.00 bits per heavy atom. The van der Waals surface area contributed by atoms with E-state index in [1.807, 2.05) is 0 Å². The Kier molecular flexibility index (Phi) is 3.97. The fourth-order valence-corrected chi connectivity index (χ4v) is 1.87. The van der Waals surface area contributed by atoms with Gasteiger partial charge in [0.25, 0.3) is 0 Å². The highest BCUT2D eigenvalue weighted by molar-refractivity contribution is 5.81. The van der Waals surface area contributed by atoms with E-state index in [1.165, 1.54) is 19.3 Å². The van der Waals surface area contributed by atoms with Gasteiger partial charge in [-0.05, 0) is 18.8 Å². The summed E-state index contributed by atoms with van der Waals surface area (Å²) >= 11 is 0. The van der Waals surface area contributed by atoms with Crippen LogP contribution in [0, 0.1) is 5.92 Å². The van der Waals surface area contributed by atoms with Gasteiger partial charge in [0.1, 0.15) is 6.04 Å². The molecule has 15 heavy (non-hydrogen) atoms. The van der Waals surface area contributed by atoms with Gasteiger partial charge < -0.3 is 15.4 Å². The summed E-state index contributed by atoms with van der Waals surface area (Å²) in [5.41, 5.74) is 0. The van der Waals surface area contributed by atoms with Crippen LogP contribution >= 0.6 is 0 Å². The van der Waals surface area contributed by atoms with Crippen LogP contribution in [0.3, 0.4) is 0 Å². The maximum Gasteiger partial charge on any atom is 0.239 e. The second-order valence-corrected chi connectivity index (χ2v) is 4.46. The fourth-order valence-electron chi connectivity index (χ4n) is 1.87. The van der Waals surface area contributed by atoms with Crippen LogP contribution < -0.4 is 10.6 Å². The van der Waals surface area contributed by atoms with E-state index in [0.717, 1.165) is 25.4 Å². The number of ether oxygens (including phenoxy) is 1. The van der Waals surface area contributed by atoms with E-state index in [-0.39, 0.29) is 11.9 Å². The Labute approximate surface area is 90.8 Å². The van der Waals surface area contributed by atoms with Gasteiger partial charge in [-0.3, -0.25) is 4.79 Å². The van der Waals surface area contributed by atoms with Crippen LogP contribution in [-0.2, 0) is 9.53 Å². The van der Waals surface area contributed by atoms with Crippen molar-refractivity contribution < 1.29 is 9.53 Å². The van der Waals surface area contributed by atoms with Crippen LogP contribution in [-0.4, -0.2) is 38.3 Å². The maximum atomic E-state index is 11.6. The molecule has 1 aliphatic heterocycles. The molecule has 0 aromatic carbocycles. The summed E-state index contributed by atoms with van der Waals surface area (Å²) in [5.74, 6) is 1.04. The van der Waals surface area contributed by atoms with Gasteiger partial charge in [-0.25, -0.2) is 0 Å². The highest BCUT2D eigenvalue weighted by Gasteiger charge is 2.22. The second kappa shape index (κ2) is 5.47. The van der Waals surface area contributed by atoms with Crippen molar-refractivity contribution in [3.05, 3.63) is 0 Å². The Morgan fingerprint density at radius 1 is 1.47 bits per heavy atom. The van der Waals surface area contributed by atoms with Crippen molar-refractivity contribution in [2.75, 3.05) is 26.3 Å². The van der Waals surface area contributed by atoms with Gasteiger partial charge in [0.15, 0.2) is 0 Å². The third kappa shape index (κ3) is 3.80. The molecule has 1 amide bonds. The third-order valence-corrected chi connectivity index (χ3v) is 3.02. The Hall–Kier alpha value is -0.610. The zero-order valence-corrected chi connectivity index (χ0v) is 9.13. The molecule has 2 fully saturated rings. The largest absolute Gasteiger partial charge is 0.378 e. The van der Waals surface area contributed by atoms with E-state index in [1.54, 1.807) is 0 Å². The lowest BCUT2D eigenvalue weighted by atomic mass is 10.2. The van der Waals surface area contributed by atoms with E-state index in [0.29, 0.717) is 13.2 Å². The number of hydrogen-bond donors (Lipinski definition) is 2. The molecule has 1 heterocycles. The molecular weight excluding hydrogens is 192 g/mol. The normalized spacial score (nSPS) is 26.3. The summed E-state index contributed by atoms with van der Waals surface area (Å²) < 4.78 is 5.23. The topological polar surface area (TPSA) is 50.4 Å². The van der Waals surface area contributed by atoms with Crippen molar-refractivity contribution in [1.82, 2.24) is 10.6 Å². The minimum absolute atomic E-state index is 0.0884. The van der Waals surface area contributed by atoms with E-state index in [9.17, 15) is 4.79 Å². The number of morpholine rings is 1. The summed E-state index contributed by atoms with van der Waals surface area (Å²) in [6, 6.07) is -0.139. The summed E-state index contributed by atoms with van der Waals surface area (Å²) in [7, 11) is 0. The van der Waals surface area contributed by atoms with Crippen molar-refractivity contribution in [2.24, 2.45) is 5.92 Å². The Bertz CT molecular complexity index is 211. The monoisotopic (exact) mass is 212 g/mol. The molecule has 0 radical (unpaired) electrons. The van der Waals surface area contributed by atoms with Crippen LogP contribution in [0.15, 0.2) is 0 Å². The van der Waals surface area contributed by atoms with Gasteiger partial charge in [-0.15, -0.1) is 0 Å². The lowest BCUT2D eigenvalue weighted by Crippen LogP contribution is -2.51. The molecule has 1 saturated heterocycles. The summed E-state index contributed by atoms with van der Waals surface area (Å²) in [5, 5.41) is 6.10. The van der Waals surface area contributed by atoms with Crippen molar-refractivity contribution in [2.45, 2.75) is 31.7 Å². The van der Waals surface area contributed by atoms with Crippen molar-refractivity contribution >= 4 is 5.91 Å². The zero-order valence-electron chi connectivity index (χ0n) is 9.13. The quantitative estimate of drug-likeness (QED) is 0.644. The number of amides is 1. The van der Waals surface area contributed by atoms with Gasteiger partial charge in [0.2, 0.25) is 5.91 Å². The molecule has 1 atom stereocenters. The molecule has 4 nitrogen and oxygen atoms in total. The number of hydrogen-bond acceptors (Lipinski definition) is 3. The molecule has 0 aromatic rings. The molecule has 1 aliphatic carbocycles. The predicted molar refractivity (Wildman–Crippen MR) is 57.6 cm³/mol. The smallest absolute Gasteiger partial charge is 0.239 e. The second-order valence-electron chi connectivity index (χ2n) is 4.46. The average molecular weight is 212 g/mol. The van der Waals surface area contributed by atoms with Crippen LogP contribution in [0.25, 0.3) is 0 Å². The molecule has 2 N–H and O–H groups in total. The van der Waals surface area contributed by atoms with Gasteiger partial charge in [0, 0.05) is 13.1 Å². The molecule has 0 bridgehead atoms. The van der Waals surface area contributed by atoms with Crippen LogP contribution in [0.4, 0.5) is 0 Å². The lowest BCUT2D eigenvalue weighted by Gasteiger charge is -2.22. The molecule has 1 unspecified atom stereocenters. The molecular formula is C11H20N2O2. The van der Waals surface area contributed by atoms with Crippen molar-refractivity contribution in [1.29, 1.82) is 0 Å². The molecule has 2 aliphatic rings. The molecule has 1 saturated carbocycles. The lowest BCUT2D eigenvalue weighted by molar-refractivity contribution is -0.125. The van der Waals surface area contributed by atoms with Crippen LogP contribution in [0.2, 0.25) is 0 Å². The molecule has 4 heteroatoms. The minimum Gasteiger partial charge on any atom is -0.378 e. The summed E-state index contributed by atoms with van der Waals surface area (Å²) in [6.45, 7) is 2.81. The summed E-state index contributed by atoms with van der Waals surface area (Å²) in [4.78, 5) is 11.6. The Balaban J connectivity index is 1.54. The minimum atomic E-state index is -0.139. The van der Waals surface area contributed by atoms with Crippen LogP contribution in [0.5, 0.6) is 0 Å². The SMILES string of the molecule is O=C(NCCCC1CC1)C1COCCN1. The zero-order chi connectivity index (χ0) is 10.5. The summed E-state index contributed by atoms with van der Waals surface area (Å²) in [6.07, 6.45) is 5.18. The molecule has 86 valence electrons. The number of nitrogens with one attached hydrogen (secondary N) is 2. The van der Waals surface area contributed by atoms with Gasteiger partial charge in [-0.2, -0.15) is 0 Å². The average Bonchev–Trinajstić information content (AvgIpc) is 3.09. The van der Waals surface area contributed by atoms with Gasteiger partial charge in [0.05, 0.1) is 13.2 Å². The van der Waals surface area contributed by atoms with Crippen molar-refractivity contribution in [3.63, 3.8) is 0 Å². The van der Waals surface area contributed by atoms with Crippen LogP contribution in [0.1, 0.15) is 25.7 Å². The maximum absolute atomic E-state index is 11.6. The van der Waals surface area contributed by atoms with E-state index < -0.39 is 0 Å². The number of carbonyl (C=O) groups excluding carboxylic acids is 1. The highest BCUT2D eigenvalue weighted by Crippen LogP contribution is 2.33. The van der Waals surface area contributed by atoms with Gasteiger partial charge in [-0.1, -0.05) is 12.8 Å². The molecule has 2 rings (SSSR count). The van der Waals surface area contributed by atoms with Gasteiger partial charge >= 0.3 is 0 Å². The first kappa shape index (κ1) is 10.9. The number of rotatable bonds is 5. The molecule has 0 spiro atoms. The first-order valence-electron chi connectivity index (χ1n) is 5.95. The Morgan fingerprint density at radius 2 is 2.33 bits per heavy atom. The first-order valence-corrected chi connectivity index (χ1v) is 5.95. The molecule has 0 aromatic heterocycles. The number of carbonyl (C=O) groups is 1. The standard InChI is InChI=1S/C11H20N2O2/c14-11(10-8-15-7-6-12-10)13-5-1-2-9-3-4-9/h9-10,12H,1-8H2,(H,13,14). The van der Waals surface area contributed by atoms with E-state index >= 15 is 0 Å².